The molecular weight excluding hydrogens is 282 g/mol. The van der Waals surface area contributed by atoms with Crippen molar-refractivity contribution in [1.82, 2.24) is 9.88 Å². The zero-order valence-corrected chi connectivity index (χ0v) is 12.0. The number of imide groups is 1. The van der Waals surface area contributed by atoms with E-state index in [-0.39, 0.29) is 30.6 Å². The highest BCUT2D eigenvalue weighted by Crippen LogP contribution is 2.21. The number of nitrogens with zero attached hydrogens (tertiary/aromatic N) is 2. The first-order chi connectivity index (χ1) is 9.51. The molecule has 1 unspecified atom stereocenters. The number of methoxy groups -OCH3 is 1. The van der Waals surface area contributed by atoms with Crippen molar-refractivity contribution in [2.75, 3.05) is 19.5 Å². The van der Waals surface area contributed by atoms with E-state index in [0.717, 1.165) is 10.6 Å². The molecule has 1 atom stereocenters. The molecule has 0 aliphatic carbocycles. The number of hydrogen-bond acceptors (Lipinski definition) is 7. The minimum Gasteiger partial charge on any atom is -0.469 e. The number of aryl methyl sites for hydroxylation is 1. The third-order valence-electron chi connectivity index (χ3n) is 3.04. The van der Waals surface area contributed by atoms with Crippen LogP contribution in [0.3, 0.4) is 0 Å². The minimum absolute atomic E-state index is 0.145. The monoisotopic (exact) mass is 297 g/mol. The maximum absolute atomic E-state index is 11.7. The first-order valence-electron chi connectivity index (χ1n) is 6.09. The summed E-state index contributed by atoms with van der Waals surface area (Å²) in [5.41, 5.74) is 0.757. The van der Waals surface area contributed by atoms with Crippen LogP contribution >= 0.6 is 11.3 Å². The lowest BCUT2D eigenvalue weighted by molar-refractivity contribution is -0.140. The molecule has 0 radical (unpaired) electrons. The molecule has 0 spiro atoms. The Morgan fingerprint density at radius 2 is 2.35 bits per heavy atom. The van der Waals surface area contributed by atoms with Gasteiger partial charge in [-0.05, 0) is 0 Å². The highest BCUT2D eigenvalue weighted by Gasteiger charge is 2.36. The molecule has 2 rings (SSSR count). The summed E-state index contributed by atoms with van der Waals surface area (Å²) in [5, 5.41) is 5.34. The molecule has 20 heavy (non-hydrogen) atoms. The first-order valence-corrected chi connectivity index (χ1v) is 6.97. The number of ether oxygens (including phenoxy) is 1. The fourth-order valence-electron chi connectivity index (χ4n) is 1.84. The van der Waals surface area contributed by atoms with Gasteiger partial charge in [0.25, 0.3) is 5.91 Å². The molecular formula is C12H15N3O4S. The number of likely N-dealkylation sites (N-methyl/N-ethyl adjacent to an activating group) is 1. The number of nitrogens with one attached hydrogen (secondary N) is 1. The van der Waals surface area contributed by atoms with Crippen LogP contribution in [0.1, 0.15) is 18.5 Å². The summed E-state index contributed by atoms with van der Waals surface area (Å²) in [7, 11) is 2.81. The second-order valence-electron chi connectivity index (χ2n) is 4.41. The Morgan fingerprint density at radius 1 is 1.60 bits per heavy atom. The lowest BCUT2D eigenvalue weighted by Gasteiger charge is -2.09. The van der Waals surface area contributed by atoms with Gasteiger partial charge in [0.05, 0.1) is 25.6 Å². The molecule has 0 aromatic carbocycles. The Labute approximate surface area is 119 Å². The molecule has 2 amide bonds. The summed E-state index contributed by atoms with van der Waals surface area (Å²) in [4.78, 5) is 39.6. The van der Waals surface area contributed by atoms with E-state index in [2.05, 4.69) is 15.0 Å². The van der Waals surface area contributed by atoms with Gasteiger partial charge in [-0.2, -0.15) is 0 Å². The van der Waals surface area contributed by atoms with Gasteiger partial charge in [-0.15, -0.1) is 11.3 Å². The van der Waals surface area contributed by atoms with Gasteiger partial charge >= 0.3 is 5.97 Å². The van der Waals surface area contributed by atoms with Crippen molar-refractivity contribution in [2.24, 2.45) is 0 Å². The Morgan fingerprint density at radius 3 is 2.95 bits per heavy atom. The van der Waals surface area contributed by atoms with Crippen molar-refractivity contribution in [3.8, 4) is 0 Å². The van der Waals surface area contributed by atoms with Crippen LogP contribution < -0.4 is 5.32 Å². The van der Waals surface area contributed by atoms with E-state index >= 15 is 0 Å². The topological polar surface area (TPSA) is 88.6 Å². The largest absolute Gasteiger partial charge is 0.469 e. The van der Waals surface area contributed by atoms with E-state index in [1.54, 1.807) is 0 Å². The number of anilines is 1. The third kappa shape index (κ3) is 3.13. The van der Waals surface area contributed by atoms with Gasteiger partial charge in [0.15, 0.2) is 5.13 Å². The molecule has 108 valence electrons. The number of amides is 2. The van der Waals surface area contributed by atoms with Crippen LogP contribution in [0.4, 0.5) is 5.13 Å². The third-order valence-corrected chi connectivity index (χ3v) is 3.87. The number of aromatic nitrogens is 1. The molecule has 1 fully saturated rings. The Balaban J connectivity index is 1.91. The summed E-state index contributed by atoms with van der Waals surface area (Å²) in [5.74, 6) is -0.734. The second-order valence-corrected chi connectivity index (χ2v) is 5.27. The van der Waals surface area contributed by atoms with Crippen molar-refractivity contribution in [2.45, 2.75) is 25.3 Å². The number of carbonyl (C=O) groups excluding carboxylic acids is 3. The van der Waals surface area contributed by atoms with E-state index < -0.39 is 6.04 Å². The SMILES string of the molecule is COC(=O)CCc1csc(NC2CC(=O)N(C)C2=O)n1. The molecule has 1 aliphatic rings. The number of hydrogen-bond donors (Lipinski definition) is 1. The molecule has 1 N–H and O–H groups in total. The summed E-state index contributed by atoms with van der Waals surface area (Å²) >= 11 is 1.34. The molecule has 7 nitrogen and oxygen atoms in total. The Hall–Kier alpha value is -1.96. The van der Waals surface area contributed by atoms with Gasteiger partial charge in [0.1, 0.15) is 6.04 Å². The average molecular weight is 297 g/mol. The van der Waals surface area contributed by atoms with E-state index in [4.69, 9.17) is 0 Å². The molecule has 8 heteroatoms. The van der Waals surface area contributed by atoms with Crippen molar-refractivity contribution in [1.29, 1.82) is 0 Å². The number of likely N-dealkylation sites (tertiary alicyclic amines) is 1. The van der Waals surface area contributed by atoms with Gasteiger partial charge in [-0.3, -0.25) is 19.3 Å². The Kier molecular flexibility index (Phi) is 4.33. The average Bonchev–Trinajstić information content (AvgIpc) is 2.98. The normalized spacial score (nSPS) is 18.5. The maximum Gasteiger partial charge on any atom is 0.305 e. The van der Waals surface area contributed by atoms with E-state index in [1.165, 1.54) is 25.5 Å². The predicted octanol–water partition coefficient (Wildman–Crippen LogP) is 0.418. The number of rotatable bonds is 5. The molecule has 2 heterocycles. The van der Waals surface area contributed by atoms with Crippen molar-refractivity contribution >= 4 is 34.3 Å². The molecule has 1 aromatic heterocycles. The van der Waals surface area contributed by atoms with Gasteiger partial charge in [0.2, 0.25) is 5.91 Å². The standard InChI is InChI=1S/C12H15N3O4S/c1-15-9(16)5-8(11(15)18)14-12-13-7(6-20-12)3-4-10(17)19-2/h6,8H,3-5H2,1-2H3,(H,13,14). The summed E-state index contributed by atoms with van der Waals surface area (Å²) in [6.45, 7) is 0. The Bertz CT molecular complexity index is 543. The van der Waals surface area contributed by atoms with E-state index in [1.807, 2.05) is 5.38 Å². The zero-order chi connectivity index (χ0) is 14.7. The highest BCUT2D eigenvalue weighted by atomic mass is 32.1. The summed E-state index contributed by atoms with van der Waals surface area (Å²) in [6.07, 6.45) is 0.901. The second kappa shape index (κ2) is 6.00. The van der Waals surface area contributed by atoms with Crippen LogP contribution in [0.25, 0.3) is 0 Å². The summed E-state index contributed by atoms with van der Waals surface area (Å²) < 4.78 is 4.56. The lowest BCUT2D eigenvalue weighted by Crippen LogP contribution is -2.31. The van der Waals surface area contributed by atoms with Crippen molar-refractivity contribution in [3.05, 3.63) is 11.1 Å². The molecule has 0 saturated carbocycles. The van der Waals surface area contributed by atoms with Gasteiger partial charge in [-0.1, -0.05) is 0 Å². The molecule has 0 bridgehead atoms. The maximum atomic E-state index is 11.7. The van der Waals surface area contributed by atoms with Crippen LogP contribution in [0.2, 0.25) is 0 Å². The highest BCUT2D eigenvalue weighted by molar-refractivity contribution is 7.13. The zero-order valence-electron chi connectivity index (χ0n) is 11.2. The van der Waals surface area contributed by atoms with E-state index in [9.17, 15) is 14.4 Å². The summed E-state index contributed by atoms with van der Waals surface area (Å²) in [6, 6.07) is -0.549. The van der Waals surface area contributed by atoms with Crippen LogP contribution in [0.5, 0.6) is 0 Å². The number of esters is 1. The lowest BCUT2D eigenvalue weighted by atomic mass is 10.2. The van der Waals surface area contributed by atoms with Gasteiger partial charge in [0, 0.05) is 18.8 Å². The van der Waals surface area contributed by atoms with Crippen molar-refractivity contribution < 1.29 is 19.1 Å². The number of thiazole rings is 1. The fourth-order valence-corrected chi connectivity index (χ4v) is 2.64. The first kappa shape index (κ1) is 14.4. The van der Waals surface area contributed by atoms with Crippen molar-refractivity contribution in [3.63, 3.8) is 0 Å². The number of carbonyl (C=O) groups is 3. The van der Waals surface area contributed by atoms with Gasteiger partial charge in [-0.25, -0.2) is 4.98 Å². The quantitative estimate of drug-likeness (QED) is 0.626. The van der Waals surface area contributed by atoms with Crippen LogP contribution in [-0.4, -0.2) is 47.9 Å². The molecule has 1 aliphatic heterocycles. The van der Waals surface area contributed by atoms with E-state index in [0.29, 0.717) is 11.6 Å². The van der Waals surface area contributed by atoms with Crippen LogP contribution in [0, 0.1) is 0 Å². The molecule has 1 saturated heterocycles. The smallest absolute Gasteiger partial charge is 0.305 e. The van der Waals surface area contributed by atoms with Crippen LogP contribution in [-0.2, 0) is 25.5 Å². The van der Waals surface area contributed by atoms with Gasteiger partial charge < -0.3 is 10.1 Å². The predicted molar refractivity (Wildman–Crippen MR) is 72.3 cm³/mol. The minimum atomic E-state index is -0.549. The van der Waals surface area contributed by atoms with Crippen LogP contribution in [0.15, 0.2) is 5.38 Å². The fraction of sp³-hybridized carbons (Fsp3) is 0.500. The molecule has 1 aromatic rings.